The average Bonchev–Trinajstić information content (AvgIpc) is 2.13. The Bertz CT molecular complexity index is 314. The van der Waals surface area contributed by atoms with Gasteiger partial charge in [0.2, 0.25) is 0 Å². The Morgan fingerprint density at radius 2 is 1.35 bits per heavy atom. The van der Waals surface area contributed by atoms with Crippen LogP contribution in [0.5, 0.6) is 0 Å². The zero-order chi connectivity index (χ0) is 13.4. The van der Waals surface area contributed by atoms with Crippen LogP contribution in [0, 0.1) is 0 Å². The number of esters is 2. The van der Waals surface area contributed by atoms with E-state index in [0.717, 1.165) is 6.08 Å². The predicted molar refractivity (Wildman–Crippen MR) is 56.8 cm³/mol. The minimum absolute atomic E-state index is 0.368. The highest BCUT2D eigenvalue weighted by molar-refractivity contribution is 5.95. The van der Waals surface area contributed by atoms with Crippen LogP contribution in [0.4, 0.5) is 0 Å². The number of carbonyl (C=O) groups excluding carboxylic acids is 4. The van der Waals surface area contributed by atoms with Crippen LogP contribution in [0.2, 0.25) is 0 Å². The van der Waals surface area contributed by atoms with Crippen LogP contribution in [-0.4, -0.2) is 29.8 Å². The molecule has 0 saturated heterocycles. The molecule has 6 nitrogen and oxygen atoms in total. The summed E-state index contributed by atoms with van der Waals surface area (Å²) >= 11 is 0. The highest BCUT2D eigenvalue weighted by Gasteiger charge is 2.17. The molecule has 6 heteroatoms. The number of Topliss-reactive ketones (excluding diaryl/α,β-unsaturated/α-hetero) is 2. The summed E-state index contributed by atoms with van der Waals surface area (Å²) in [5.41, 5.74) is 0. The minimum Gasteiger partial charge on any atom is -0.421 e. The molecule has 17 heavy (non-hydrogen) atoms. The van der Waals surface area contributed by atoms with Gasteiger partial charge in [-0.15, -0.1) is 0 Å². The molecule has 0 bridgehead atoms. The molecule has 0 aromatic rings. The standard InChI is InChI=1S/C11H14O6/c1-4-11(16-9(14)5-7(2)12)17-10(15)6-8(3)13/h4,11H,1,5-6H2,2-3H3. The van der Waals surface area contributed by atoms with Gasteiger partial charge in [0.15, 0.2) is 0 Å². The van der Waals surface area contributed by atoms with Crippen LogP contribution >= 0.6 is 0 Å². The van der Waals surface area contributed by atoms with Gasteiger partial charge in [-0.05, 0) is 19.9 Å². The fourth-order valence-corrected chi connectivity index (χ4v) is 0.869. The molecular weight excluding hydrogens is 228 g/mol. The third-order valence-electron chi connectivity index (χ3n) is 1.47. The largest absolute Gasteiger partial charge is 0.421 e. The second-order valence-corrected chi connectivity index (χ2v) is 3.34. The first-order valence-electron chi connectivity index (χ1n) is 4.85. The fourth-order valence-electron chi connectivity index (χ4n) is 0.869. The van der Waals surface area contributed by atoms with Crippen molar-refractivity contribution in [2.75, 3.05) is 0 Å². The molecular formula is C11H14O6. The zero-order valence-electron chi connectivity index (χ0n) is 9.73. The Morgan fingerprint density at radius 3 is 1.59 bits per heavy atom. The van der Waals surface area contributed by atoms with Crippen molar-refractivity contribution in [1.29, 1.82) is 0 Å². The fraction of sp³-hybridized carbons (Fsp3) is 0.455. The van der Waals surface area contributed by atoms with E-state index in [9.17, 15) is 19.2 Å². The summed E-state index contributed by atoms with van der Waals surface area (Å²) in [5, 5.41) is 0. The van der Waals surface area contributed by atoms with Gasteiger partial charge in [-0.1, -0.05) is 6.58 Å². The van der Waals surface area contributed by atoms with Crippen LogP contribution in [0.15, 0.2) is 12.7 Å². The highest BCUT2D eigenvalue weighted by Crippen LogP contribution is 2.02. The zero-order valence-corrected chi connectivity index (χ0v) is 9.73. The average molecular weight is 242 g/mol. The molecule has 0 unspecified atom stereocenters. The molecule has 0 radical (unpaired) electrons. The lowest BCUT2D eigenvalue weighted by molar-refractivity contribution is -0.179. The first-order chi connectivity index (χ1) is 7.85. The number of hydrogen-bond donors (Lipinski definition) is 0. The minimum atomic E-state index is -1.28. The van der Waals surface area contributed by atoms with Gasteiger partial charge in [-0.3, -0.25) is 19.2 Å². The molecule has 0 aliphatic rings. The Hall–Kier alpha value is -1.98. The summed E-state index contributed by atoms with van der Waals surface area (Å²) in [5.74, 6) is -2.38. The van der Waals surface area contributed by atoms with Crippen LogP contribution in [0.3, 0.4) is 0 Å². The number of ether oxygens (including phenoxy) is 2. The van der Waals surface area contributed by atoms with Crippen molar-refractivity contribution in [3.05, 3.63) is 12.7 Å². The maximum atomic E-state index is 11.1. The molecule has 0 atom stereocenters. The molecule has 0 aliphatic heterocycles. The molecule has 0 heterocycles. The van der Waals surface area contributed by atoms with E-state index in [2.05, 4.69) is 16.1 Å². The van der Waals surface area contributed by atoms with Crippen molar-refractivity contribution in [2.45, 2.75) is 33.0 Å². The van der Waals surface area contributed by atoms with Gasteiger partial charge >= 0.3 is 11.9 Å². The van der Waals surface area contributed by atoms with Crippen molar-refractivity contribution in [1.82, 2.24) is 0 Å². The van der Waals surface area contributed by atoms with E-state index >= 15 is 0 Å². The van der Waals surface area contributed by atoms with Crippen molar-refractivity contribution in [3.8, 4) is 0 Å². The summed E-state index contributed by atoms with van der Waals surface area (Å²) in [4.78, 5) is 43.4. The van der Waals surface area contributed by atoms with E-state index in [1.54, 1.807) is 0 Å². The van der Waals surface area contributed by atoms with E-state index in [1.807, 2.05) is 0 Å². The lowest BCUT2D eigenvalue weighted by atomic mass is 10.3. The Morgan fingerprint density at radius 1 is 1.00 bits per heavy atom. The van der Waals surface area contributed by atoms with Gasteiger partial charge < -0.3 is 9.47 Å². The first-order valence-corrected chi connectivity index (χ1v) is 4.85. The number of carbonyl (C=O) groups is 4. The van der Waals surface area contributed by atoms with Gasteiger partial charge in [-0.2, -0.15) is 0 Å². The number of rotatable bonds is 7. The third kappa shape index (κ3) is 7.89. The normalized spacial score (nSPS) is 9.59. The van der Waals surface area contributed by atoms with Gasteiger partial charge in [-0.25, -0.2) is 0 Å². The van der Waals surface area contributed by atoms with Crippen LogP contribution in [-0.2, 0) is 28.7 Å². The number of ketones is 2. The number of hydrogen-bond acceptors (Lipinski definition) is 6. The molecule has 94 valence electrons. The van der Waals surface area contributed by atoms with Gasteiger partial charge in [0.1, 0.15) is 24.4 Å². The predicted octanol–water partition coefficient (Wildman–Crippen LogP) is 0.543. The molecule has 0 spiro atoms. The van der Waals surface area contributed by atoms with Crippen LogP contribution < -0.4 is 0 Å². The Kier molecular flexibility index (Phi) is 6.47. The molecule has 0 aromatic carbocycles. The van der Waals surface area contributed by atoms with E-state index in [-0.39, 0.29) is 11.6 Å². The summed E-state index contributed by atoms with van der Waals surface area (Å²) in [6.45, 7) is 5.76. The molecule has 0 aromatic heterocycles. The second kappa shape index (κ2) is 7.32. The quantitative estimate of drug-likeness (QED) is 0.280. The Labute approximate surface area is 98.6 Å². The SMILES string of the molecule is C=CC(OC(=O)CC(C)=O)OC(=O)CC(C)=O. The van der Waals surface area contributed by atoms with Crippen molar-refractivity contribution >= 4 is 23.5 Å². The van der Waals surface area contributed by atoms with Crippen molar-refractivity contribution in [3.63, 3.8) is 0 Å². The maximum absolute atomic E-state index is 11.1. The summed E-state index contributed by atoms with van der Waals surface area (Å²) in [6.07, 6.45) is -1.02. The van der Waals surface area contributed by atoms with E-state index in [1.165, 1.54) is 13.8 Å². The van der Waals surface area contributed by atoms with E-state index < -0.39 is 31.1 Å². The summed E-state index contributed by atoms with van der Waals surface area (Å²) < 4.78 is 9.26. The molecule has 0 amide bonds. The van der Waals surface area contributed by atoms with E-state index in [4.69, 9.17) is 0 Å². The van der Waals surface area contributed by atoms with Crippen molar-refractivity contribution < 1.29 is 28.7 Å². The third-order valence-corrected chi connectivity index (χ3v) is 1.47. The van der Waals surface area contributed by atoms with Crippen LogP contribution in [0.1, 0.15) is 26.7 Å². The smallest absolute Gasteiger partial charge is 0.316 e. The maximum Gasteiger partial charge on any atom is 0.316 e. The molecule has 0 saturated carbocycles. The monoisotopic (exact) mass is 242 g/mol. The first kappa shape index (κ1) is 15.0. The lowest BCUT2D eigenvalue weighted by Gasteiger charge is -2.13. The highest BCUT2D eigenvalue weighted by atomic mass is 16.7. The lowest BCUT2D eigenvalue weighted by Crippen LogP contribution is -2.24. The van der Waals surface area contributed by atoms with E-state index in [0.29, 0.717) is 0 Å². The molecule has 0 aliphatic carbocycles. The molecule has 0 N–H and O–H groups in total. The molecule has 0 fully saturated rings. The summed E-state index contributed by atoms with van der Waals surface area (Å²) in [6, 6.07) is 0. The summed E-state index contributed by atoms with van der Waals surface area (Å²) in [7, 11) is 0. The molecule has 0 rings (SSSR count). The van der Waals surface area contributed by atoms with Gasteiger partial charge in [0, 0.05) is 0 Å². The van der Waals surface area contributed by atoms with Gasteiger partial charge in [0.25, 0.3) is 6.29 Å². The second-order valence-electron chi connectivity index (χ2n) is 3.34. The van der Waals surface area contributed by atoms with Gasteiger partial charge in [0.05, 0.1) is 0 Å². The van der Waals surface area contributed by atoms with Crippen LogP contribution in [0.25, 0.3) is 0 Å². The van der Waals surface area contributed by atoms with Crippen molar-refractivity contribution in [2.24, 2.45) is 0 Å². The topological polar surface area (TPSA) is 86.7 Å². The Balaban J connectivity index is 4.20.